The van der Waals surface area contributed by atoms with Gasteiger partial charge in [0.25, 0.3) is 5.91 Å². The lowest BCUT2D eigenvalue weighted by atomic mass is 9.92. The summed E-state index contributed by atoms with van der Waals surface area (Å²) < 4.78 is 0. The van der Waals surface area contributed by atoms with Crippen molar-refractivity contribution in [3.05, 3.63) is 28.6 Å². The summed E-state index contributed by atoms with van der Waals surface area (Å²) in [5.41, 5.74) is 0.441. The first-order valence-corrected chi connectivity index (χ1v) is 8.48. The molecule has 0 spiro atoms. The third-order valence-electron chi connectivity index (χ3n) is 3.51. The van der Waals surface area contributed by atoms with E-state index in [9.17, 15) is 9.90 Å². The van der Waals surface area contributed by atoms with Crippen molar-refractivity contribution in [3.8, 4) is 9.88 Å². The maximum absolute atomic E-state index is 12.2. The van der Waals surface area contributed by atoms with Crippen LogP contribution in [0.1, 0.15) is 36.2 Å². The van der Waals surface area contributed by atoms with Crippen molar-refractivity contribution in [2.24, 2.45) is 0 Å². The predicted molar refractivity (Wildman–Crippen MR) is 81.2 cm³/mol. The van der Waals surface area contributed by atoms with Gasteiger partial charge in [-0.2, -0.15) is 0 Å². The van der Waals surface area contributed by atoms with Crippen molar-refractivity contribution in [2.75, 3.05) is 0 Å². The van der Waals surface area contributed by atoms with E-state index in [4.69, 9.17) is 0 Å². The highest BCUT2D eigenvalue weighted by Crippen LogP contribution is 2.28. The molecule has 2 atom stereocenters. The number of hydrogen-bond donors (Lipinski definition) is 2. The normalized spacial score (nSPS) is 22.6. The Balaban J connectivity index is 1.68. The van der Waals surface area contributed by atoms with E-state index >= 15 is 0 Å². The molecular formula is C14H16N2O2S2. The monoisotopic (exact) mass is 308 g/mol. The molecule has 1 saturated carbocycles. The van der Waals surface area contributed by atoms with Crippen LogP contribution in [0.15, 0.2) is 22.9 Å². The smallest absolute Gasteiger partial charge is 0.271 e. The molecule has 2 aromatic heterocycles. The first kappa shape index (κ1) is 13.7. The van der Waals surface area contributed by atoms with E-state index in [0.717, 1.165) is 35.6 Å². The zero-order valence-electron chi connectivity index (χ0n) is 10.9. The second-order valence-electron chi connectivity index (χ2n) is 4.95. The summed E-state index contributed by atoms with van der Waals surface area (Å²) in [5, 5.41) is 17.4. The number of aromatic nitrogens is 1. The number of nitrogens with one attached hydrogen (secondary N) is 1. The van der Waals surface area contributed by atoms with Gasteiger partial charge in [0.1, 0.15) is 10.7 Å². The number of hydrogen-bond acceptors (Lipinski definition) is 5. The Kier molecular flexibility index (Phi) is 4.14. The Morgan fingerprint density at radius 1 is 1.35 bits per heavy atom. The molecular weight excluding hydrogens is 292 g/mol. The second kappa shape index (κ2) is 6.03. The Morgan fingerprint density at radius 2 is 2.20 bits per heavy atom. The van der Waals surface area contributed by atoms with Crippen molar-refractivity contribution >= 4 is 28.6 Å². The number of carbonyl (C=O) groups is 1. The molecule has 1 aliphatic rings. The molecule has 2 aromatic rings. The van der Waals surface area contributed by atoms with Gasteiger partial charge in [-0.15, -0.1) is 22.7 Å². The Bertz CT molecular complexity index is 580. The Morgan fingerprint density at radius 3 is 2.95 bits per heavy atom. The fourth-order valence-corrected chi connectivity index (χ4v) is 4.03. The van der Waals surface area contributed by atoms with Crippen LogP contribution in [-0.2, 0) is 0 Å². The van der Waals surface area contributed by atoms with Crippen LogP contribution in [0.25, 0.3) is 9.88 Å². The maximum atomic E-state index is 12.2. The molecule has 0 saturated heterocycles. The van der Waals surface area contributed by atoms with Crippen molar-refractivity contribution in [1.82, 2.24) is 10.3 Å². The van der Waals surface area contributed by atoms with Gasteiger partial charge in [-0.3, -0.25) is 4.79 Å². The van der Waals surface area contributed by atoms with Crippen molar-refractivity contribution < 1.29 is 9.90 Å². The third-order valence-corrected chi connectivity index (χ3v) is 5.40. The second-order valence-corrected chi connectivity index (χ2v) is 6.75. The first-order valence-electron chi connectivity index (χ1n) is 6.72. The van der Waals surface area contributed by atoms with Gasteiger partial charge in [0, 0.05) is 5.38 Å². The largest absolute Gasteiger partial charge is 0.391 e. The quantitative estimate of drug-likeness (QED) is 0.916. The fourth-order valence-electron chi connectivity index (χ4n) is 2.41. The summed E-state index contributed by atoms with van der Waals surface area (Å²) >= 11 is 3.09. The zero-order valence-corrected chi connectivity index (χ0v) is 12.5. The molecule has 4 nitrogen and oxygen atoms in total. The minimum Gasteiger partial charge on any atom is -0.391 e. The number of aliphatic hydroxyl groups excluding tert-OH is 1. The van der Waals surface area contributed by atoms with E-state index < -0.39 is 6.10 Å². The summed E-state index contributed by atoms with van der Waals surface area (Å²) in [6.45, 7) is 0. The molecule has 2 N–H and O–H groups in total. The minimum absolute atomic E-state index is 0.136. The van der Waals surface area contributed by atoms with Crippen LogP contribution >= 0.6 is 22.7 Å². The fraction of sp³-hybridized carbons (Fsp3) is 0.429. The molecule has 0 aliphatic heterocycles. The number of nitrogens with zero attached hydrogens (tertiary/aromatic N) is 1. The summed E-state index contributed by atoms with van der Waals surface area (Å²) in [7, 11) is 0. The number of aliphatic hydroxyl groups is 1. The number of carbonyl (C=O) groups excluding carboxylic acids is 1. The lowest BCUT2D eigenvalue weighted by Crippen LogP contribution is -2.45. The van der Waals surface area contributed by atoms with Crippen LogP contribution in [0.3, 0.4) is 0 Å². The molecule has 0 aromatic carbocycles. The molecule has 0 bridgehead atoms. The highest BCUT2D eigenvalue weighted by Gasteiger charge is 2.25. The molecule has 2 heterocycles. The van der Waals surface area contributed by atoms with Gasteiger partial charge in [0.05, 0.1) is 17.0 Å². The average molecular weight is 308 g/mol. The molecule has 0 radical (unpaired) electrons. The zero-order chi connectivity index (χ0) is 13.9. The first-order chi connectivity index (χ1) is 9.74. The van der Waals surface area contributed by atoms with Gasteiger partial charge in [-0.25, -0.2) is 4.98 Å². The van der Waals surface area contributed by atoms with Gasteiger partial charge in [0.15, 0.2) is 0 Å². The number of amides is 1. The maximum Gasteiger partial charge on any atom is 0.271 e. The lowest BCUT2D eigenvalue weighted by Gasteiger charge is -2.27. The van der Waals surface area contributed by atoms with E-state index in [2.05, 4.69) is 10.3 Å². The summed E-state index contributed by atoms with van der Waals surface area (Å²) in [6.07, 6.45) is 3.27. The van der Waals surface area contributed by atoms with Crippen molar-refractivity contribution in [2.45, 2.75) is 37.8 Å². The standard InChI is InChI=1S/C14H16N2O2S2/c17-11-5-2-1-4-9(11)15-13(18)10-8-20-14(16-10)12-6-3-7-19-12/h3,6-9,11,17H,1-2,4-5H2,(H,15,18)/t9-,11-/m0/s1. The Hall–Kier alpha value is -1.24. The van der Waals surface area contributed by atoms with Crippen molar-refractivity contribution in [3.63, 3.8) is 0 Å². The summed E-state index contributed by atoms with van der Waals surface area (Å²) in [6, 6.07) is 3.83. The molecule has 1 aliphatic carbocycles. The predicted octanol–water partition coefficient (Wildman–Crippen LogP) is 2.90. The molecule has 1 fully saturated rings. The Labute approximate surface area is 125 Å². The van der Waals surface area contributed by atoms with Gasteiger partial charge < -0.3 is 10.4 Å². The van der Waals surface area contributed by atoms with Crippen LogP contribution in [0, 0.1) is 0 Å². The van der Waals surface area contributed by atoms with Crippen LogP contribution in [-0.4, -0.2) is 28.1 Å². The SMILES string of the molecule is O=C(N[C@H]1CCCC[C@@H]1O)c1csc(-c2cccs2)n1. The van der Waals surface area contributed by atoms with E-state index in [1.807, 2.05) is 17.5 Å². The van der Waals surface area contributed by atoms with E-state index in [1.54, 1.807) is 16.7 Å². The molecule has 0 unspecified atom stereocenters. The van der Waals surface area contributed by atoms with Gasteiger partial charge in [-0.1, -0.05) is 18.9 Å². The van der Waals surface area contributed by atoms with Gasteiger partial charge >= 0.3 is 0 Å². The summed E-state index contributed by atoms with van der Waals surface area (Å²) in [5.74, 6) is -0.185. The molecule has 1 amide bonds. The van der Waals surface area contributed by atoms with Gasteiger partial charge in [0.2, 0.25) is 0 Å². The van der Waals surface area contributed by atoms with E-state index in [-0.39, 0.29) is 11.9 Å². The van der Waals surface area contributed by atoms with Crippen LogP contribution in [0.5, 0.6) is 0 Å². The highest BCUT2D eigenvalue weighted by molar-refractivity contribution is 7.20. The van der Waals surface area contributed by atoms with E-state index in [0.29, 0.717) is 5.69 Å². The van der Waals surface area contributed by atoms with Crippen molar-refractivity contribution in [1.29, 1.82) is 0 Å². The molecule has 20 heavy (non-hydrogen) atoms. The minimum atomic E-state index is -0.428. The third kappa shape index (κ3) is 2.92. The number of thiophene rings is 1. The molecule has 106 valence electrons. The average Bonchev–Trinajstić information content (AvgIpc) is 3.11. The van der Waals surface area contributed by atoms with E-state index in [1.165, 1.54) is 11.3 Å². The van der Waals surface area contributed by atoms with Crippen LogP contribution in [0.2, 0.25) is 0 Å². The van der Waals surface area contributed by atoms with Crippen LogP contribution < -0.4 is 5.32 Å². The highest BCUT2D eigenvalue weighted by atomic mass is 32.1. The van der Waals surface area contributed by atoms with Crippen LogP contribution in [0.4, 0.5) is 0 Å². The number of rotatable bonds is 3. The van der Waals surface area contributed by atoms with Gasteiger partial charge in [-0.05, 0) is 24.3 Å². The molecule has 3 rings (SSSR count). The lowest BCUT2D eigenvalue weighted by molar-refractivity contribution is 0.0714. The topological polar surface area (TPSA) is 62.2 Å². The molecule has 6 heteroatoms. The summed E-state index contributed by atoms with van der Waals surface area (Å²) in [4.78, 5) is 17.6. The number of thiazole rings is 1.